The number of hydrogen-bond acceptors (Lipinski definition) is 2. The van der Waals surface area contributed by atoms with Crippen molar-refractivity contribution in [3.63, 3.8) is 0 Å². The highest BCUT2D eigenvalue weighted by Gasteiger charge is 2.17. The Kier molecular flexibility index (Phi) is 3.97. The lowest BCUT2D eigenvalue weighted by molar-refractivity contribution is -0.131. The van der Waals surface area contributed by atoms with Crippen LogP contribution in [0.15, 0.2) is 24.3 Å². The largest absolute Gasteiger partial charge is 0.487 e. The molecule has 0 atom stereocenters. The molecule has 1 aliphatic rings. The molecule has 1 fully saturated rings. The van der Waals surface area contributed by atoms with E-state index in [0.717, 1.165) is 31.8 Å². The van der Waals surface area contributed by atoms with Gasteiger partial charge in [0.2, 0.25) is 0 Å². The average Bonchev–Trinajstić information content (AvgIpc) is 2.82. The van der Waals surface area contributed by atoms with E-state index in [0.29, 0.717) is 5.56 Å². The van der Waals surface area contributed by atoms with Gasteiger partial charge in [0, 0.05) is 6.08 Å². The summed E-state index contributed by atoms with van der Waals surface area (Å²) in [5.41, 5.74) is 0.508. The summed E-state index contributed by atoms with van der Waals surface area (Å²) >= 11 is 0. The predicted octanol–water partition coefficient (Wildman–Crippen LogP) is 3.24. The van der Waals surface area contributed by atoms with E-state index >= 15 is 0 Å². The Morgan fingerprint density at radius 2 is 2.11 bits per heavy atom. The second kappa shape index (κ2) is 5.67. The zero-order chi connectivity index (χ0) is 13.0. The van der Waals surface area contributed by atoms with Crippen LogP contribution in [0.25, 0.3) is 6.08 Å². The molecule has 1 aliphatic carbocycles. The van der Waals surface area contributed by atoms with Gasteiger partial charge < -0.3 is 9.84 Å². The number of rotatable bonds is 4. The van der Waals surface area contributed by atoms with E-state index < -0.39 is 11.8 Å². The molecule has 0 bridgehead atoms. The van der Waals surface area contributed by atoms with Crippen molar-refractivity contribution in [3.8, 4) is 5.75 Å². The van der Waals surface area contributed by atoms with E-state index in [1.54, 1.807) is 12.1 Å². The summed E-state index contributed by atoms with van der Waals surface area (Å²) in [6, 6.07) is 4.48. The van der Waals surface area contributed by atoms with Crippen molar-refractivity contribution < 1.29 is 19.0 Å². The van der Waals surface area contributed by atoms with Crippen LogP contribution in [0.3, 0.4) is 0 Å². The zero-order valence-corrected chi connectivity index (χ0v) is 9.93. The maximum absolute atomic E-state index is 13.7. The van der Waals surface area contributed by atoms with Crippen LogP contribution in [0.4, 0.5) is 4.39 Å². The summed E-state index contributed by atoms with van der Waals surface area (Å²) in [6.45, 7) is 0. The molecule has 3 nitrogen and oxygen atoms in total. The predicted molar refractivity (Wildman–Crippen MR) is 66.0 cm³/mol. The van der Waals surface area contributed by atoms with Crippen LogP contribution in [0.2, 0.25) is 0 Å². The number of benzene rings is 1. The monoisotopic (exact) mass is 250 g/mol. The zero-order valence-electron chi connectivity index (χ0n) is 9.93. The second-order valence-electron chi connectivity index (χ2n) is 4.39. The van der Waals surface area contributed by atoms with Gasteiger partial charge in [0.15, 0.2) is 11.6 Å². The van der Waals surface area contributed by atoms with E-state index in [9.17, 15) is 9.18 Å². The van der Waals surface area contributed by atoms with Gasteiger partial charge in [-0.25, -0.2) is 9.18 Å². The number of carboxylic acid groups (broad SMARTS) is 1. The average molecular weight is 250 g/mol. The van der Waals surface area contributed by atoms with Gasteiger partial charge in [-0.1, -0.05) is 6.07 Å². The lowest BCUT2D eigenvalue weighted by Crippen LogP contribution is -2.11. The van der Waals surface area contributed by atoms with Crippen molar-refractivity contribution in [3.05, 3.63) is 35.7 Å². The Labute approximate surface area is 105 Å². The Morgan fingerprint density at radius 3 is 2.72 bits per heavy atom. The minimum Gasteiger partial charge on any atom is -0.487 e. The molecule has 96 valence electrons. The molecule has 0 radical (unpaired) electrons. The smallest absolute Gasteiger partial charge is 0.328 e. The summed E-state index contributed by atoms with van der Waals surface area (Å²) in [5.74, 6) is -1.26. The molecule has 2 rings (SSSR count). The third-order valence-electron chi connectivity index (χ3n) is 2.97. The van der Waals surface area contributed by atoms with E-state index in [1.807, 2.05) is 0 Å². The van der Waals surface area contributed by atoms with Gasteiger partial charge in [0.25, 0.3) is 0 Å². The first-order chi connectivity index (χ1) is 8.65. The summed E-state index contributed by atoms with van der Waals surface area (Å²) in [6.07, 6.45) is 6.65. The van der Waals surface area contributed by atoms with Gasteiger partial charge in [-0.3, -0.25) is 0 Å². The number of ether oxygens (including phenoxy) is 1. The molecule has 1 aromatic rings. The van der Waals surface area contributed by atoms with Gasteiger partial charge in [-0.15, -0.1) is 0 Å². The van der Waals surface area contributed by atoms with Crippen LogP contribution < -0.4 is 4.74 Å². The van der Waals surface area contributed by atoms with Crippen molar-refractivity contribution in [2.75, 3.05) is 0 Å². The Hall–Kier alpha value is -1.84. The molecule has 1 N–H and O–H groups in total. The fourth-order valence-corrected chi connectivity index (χ4v) is 2.07. The molecule has 0 spiro atoms. The maximum Gasteiger partial charge on any atom is 0.328 e. The highest BCUT2D eigenvalue weighted by Crippen LogP contribution is 2.26. The first-order valence-corrected chi connectivity index (χ1v) is 6.02. The quantitative estimate of drug-likeness (QED) is 0.834. The summed E-state index contributed by atoms with van der Waals surface area (Å²) < 4.78 is 19.3. The van der Waals surface area contributed by atoms with E-state index in [4.69, 9.17) is 9.84 Å². The molecular formula is C14H15FO3. The molecule has 18 heavy (non-hydrogen) atoms. The van der Waals surface area contributed by atoms with Gasteiger partial charge in [-0.05, 0) is 49.5 Å². The van der Waals surface area contributed by atoms with E-state index in [-0.39, 0.29) is 11.9 Å². The third-order valence-corrected chi connectivity index (χ3v) is 2.97. The molecule has 0 heterocycles. The summed E-state index contributed by atoms with van der Waals surface area (Å²) in [5, 5.41) is 8.48. The van der Waals surface area contributed by atoms with Crippen LogP contribution in [-0.4, -0.2) is 17.2 Å². The van der Waals surface area contributed by atoms with Crippen molar-refractivity contribution in [1.29, 1.82) is 0 Å². The number of hydrogen-bond donors (Lipinski definition) is 1. The van der Waals surface area contributed by atoms with Gasteiger partial charge in [0.1, 0.15) is 0 Å². The van der Waals surface area contributed by atoms with Crippen LogP contribution in [-0.2, 0) is 4.79 Å². The fourth-order valence-electron chi connectivity index (χ4n) is 2.07. The molecule has 0 amide bonds. The number of aliphatic carboxylic acids is 1. The van der Waals surface area contributed by atoms with Crippen molar-refractivity contribution in [1.82, 2.24) is 0 Å². The molecule has 4 heteroatoms. The topological polar surface area (TPSA) is 46.5 Å². The summed E-state index contributed by atoms with van der Waals surface area (Å²) in [4.78, 5) is 10.3. The van der Waals surface area contributed by atoms with Gasteiger partial charge in [-0.2, -0.15) is 0 Å². The Balaban J connectivity index is 2.06. The number of carbonyl (C=O) groups is 1. The van der Waals surface area contributed by atoms with Crippen molar-refractivity contribution >= 4 is 12.0 Å². The van der Waals surface area contributed by atoms with Crippen LogP contribution in [0, 0.1) is 5.82 Å². The van der Waals surface area contributed by atoms with Crippen molar-refractivity contribution in [2.24, 2.45) is 0 Å². The lowest BCUT2D eigenvalue weighted by Gasteiger charge is -2.13. The van der Waals surface area contributed by atoms with E-state index in [2.05, 4.69) is 0 Å². The third kappa shape index (κ3) is 3.32. The lowest BCUT2D eigenvalue weighted by atomic mass is 10.2. The minimum atomic E-state index is -1.05. The highest BCUT2D eigenvalue weighted by atomic mass is 19.1. The van der Waals surface area contributed by atoms with Crippen LogP contribution in [0.1, 0.15) is 31.2 Å². The van der Waals surface area contributed by atoms with E-state index in [1.165, 1.54) is 12.1 Å². The Bertz CT molecular complexity index is 462. The SMILES string of the molecule is O=C(O)/C=C/c1ccc(OC2CCCC2)c(F)c1. The fraction of sp³-hybridized carbons (Fsp3) is 0.357. The minimum absolute atomic E-state index is 0.111. The summed E-state index contributed by atoms with van der Waals surface area (Å²) in [7, 11) is 0. The Morgan fingerprint density at radius 1 is 1.39 bits per heavy atom. The first-order valence-electron chi connectivity index (χ1n) is 6.02. The van der Waals surface area contributed by atoms with Crippen LogP contribution in [0.5, 0.6) is 5.75 Å². The van der Waals surface area contributed by atoms with Crippen molar-refractivity contribution in [2.45, 2.75) is 31.8 Å². The normalized spacial score (nSPS) is 16.3. The number of carboxylic acids is 1. The molecule has 1 saturated carbocycles. The van der Waals surface area contributed by atoms with Gasteiger partial charge >= 0.3 is 5.97 Å². The van der Waals surface area contributed by atoms with Gasteiger partial charge in [0.05, 0.1) is 6.10 Å². The molecular weight excluding hydrogens is 235 g/mol. The van der Waals surface area contributed by atoms with Crippen LogP contribution >= 0.6 is 0 Å². The molecule has 0 aliphatic heterocycles. The molecule has 1 aromatic carbocycles. The maximum atomic E-state index is 13.7. The number of halogens is 1. The highest BCUT2D eigenvalue weighted by molar-refractivity contribution is 5.85. The second-order valence-corrected chi connectivity index (χ2v) is 4.39. The molecule has 0 saturated heterocycles. The first kappa shape index (κ1) is 12.6. The molecule has 0 unspecified atom stereocenters. The standard InChI is InChI=1S/C14H15FO3/c15-12-9-10(6-8-14(16)17)5-7-13(12)18-11-3-1-2-4-11/h5-9,11H,1-4H2,(H,16,17)/b8-6+. The molecule has 0 aromatic heterocycles.